The lowest BCUT2D eigenvalue weighted by molar-refractivity contribution is 0.429. The third kappa shape index (κ3) is 2.82. The summed E-state index contributed by atoms with van der Waals surface area (Å²) in [5.74, 6) is 0.245. The molecule has 1 rings (SSSR count). The minimum absolute atomic E-state index is 0. The summed E-state index contributed by atoms with van der Waals surface area (Å²) in [6, 6.07) is 0. The van der Waals surface area contributed by atoms with Crippen LogP contribution in [0.5, 0.6) is 0 Å². The summed E-state index contributed by atoms with van der Waals surface area (Å²) in [6.45, 7) is 0. The van der Waals surface area contributed by atoms with Crippen LogP contribution in [-0.2, 0) is 0 Å². The van der Waals surface area contributed by atoms with Crippen molar-refractivity contribution < 1.29 is 5.11 Å². The Kier molecular flexibility index (Phi) is 3.64. The third-order valence-electron chi connectivity index (χ3n) is 0.802. The van der Waals surface area contributed by atoms with Gasteiger partial charge in [-0.25, -0.2) is 0 Å². The van der Waals surface area contributed by atoms with Crippen LogP contribution in [-0.4, -0.2) is 5.11 Å². The Morgan fingerprint density at radius 2 is 2.11 bits per heavy atom. The normalized spacial score (nSPS) is 14.9. The molecule has 2 N–H and O–H groups in total. The highest BCUT2D eigenvalue weighted by Crippen LogP contribution is 1.91. The van der Waals surface area contributed by atoms with Crippen molar-refractivity contribution in [1.29, 1.82) is 0 Å². The van der Waals surface area contributed by atoms with Crippen molar-refractivity contribution in [3.05, 3.63) is 36.4 Å². The molecule has 0 aromatic carbocycles. The average Bonchev–Trinajstić information content (AvgIpc) is 1.94. The van der Waals surface area contributed by atoms with Crippen molar-refractivity contribution in [1.82, 2.24) is 5.32 Å². The molecular formula is C6H8ClNO. The Balaban J connectivity index is 0.000000640. The number of aliphatic hydroxyl groups excluding tert-OH is 1. The number of rotatable bonds is 0. The van der Waals surface area contributed by atoms with Crippen LogP contribution in [0.4, 0.5) is 0 Å². The van der Waals surface area contributed by atoms with Gasteiger partial charge >= 0.3 is 0 Å². The Hall–Kier alpha value is -0.890. The van der Waals surface area contributed by atoms with Gasteiger partial charge in [-0.2, -0.15) is 0 Å². The van der Waals surface area contributed by atoms with E-state index < -0.39 is 0 Å². The van der Waals surface area contributed by atoms with E-state index in [0.717, 1.165) is 0 Å². The Labute approximate surface area is 60.0 Å². The van der Waals surface area contributed by atoms with E-state index in [9.17, 15) is 0 Å². The van der Waals surface area contributed by atoms with E-state index in [1.54, 1.807) is 24.4 Å². The SMILES string of the molecule is Cl.OC1=CNC=CC=C1. The van der Waals surface area contributed by atoms with Gasteiger partial charge in [-0.05, 0) is 12.2 Å². The fourth-order valence-corrected chi connectivity index (χ4v) is 0.447. The first-order valence-electron chi connectivity index (χ1n) is 2.38. The lowest BCUT2D eigenvalue weighted by atomic mass is 10.4. The molecule has 2 nitrogen and oxygen atoms in total. The molecule has 3 heteroatoms. The summed E-state index contributed by atoms with van der Waals surface area (Å²) in [7, 11) is 0. The van der Waals surface area contributed by atoms with Gasteiger partial charge in [0.05, 0.1) is 0 Å². The van der Waals surface area contributed by atoms with Gasteiger partial charge in [0.1, 0.15) is 5.76 Å². The lowest BCUT2D eigenvalue weighted by Gasteiger charge is -1.85. The molecule has 0 fully saturated rings. The number of hydrogen-bond acceptors (Lipinski definition) is 2. The molecule has 0 spiro atoms. The van der Waals surface area contributed by atoms with E-state index in [4.69, 9.17) is 5.11 Å². The molecule has 1 heterocycles. The van der Waals surface area contributed by atoms with Crippen LogP contribution in [0.2, 0.25) is 0 Å². The maximum Gasteiger partial charge on any atom is 0.131 e. The standard InChI is InChI=1S/C6H7NO.ClH/c8-6-3-1-2-4-7-5-6;/h1-5,7-8H;1H. The van der Waals surface area contributed by atoms with Gasteiger partial charge in [-0.3, -0.25) is 0 Å². The summed E-state index contributed by atoms with van der Waals surface area (Å²) in [5, 5.41) is 11.5. The first kappa shape index (κ1) is 8.11. The van der Waals surface area contributed by atoms with Crippen LogP contribution >= 0.6 is 12.4 Å². The molecule has 0 aromatic heterocycles. The second-order valence-corrected chi connectivity index (χ2v) is 1.45. The van der Waals surface area contributed by atoms with Gasteiger partial charge in [-0.1, -0.05) is 6.08 Å². The van der Waals surface area contributed by atoms with Crippen LogP contribution in [0, 0.1) is 0 Å². The van der Waals surface area contributed by atoms with E-state index in [2.05, 4.69) is 5.32 Å². The van der Waals surface area contributed by atoms with Crippen LogP contribution in [0.15, 0.2) is 36.4 Å². The molecular weight excluding hydrogens is 138 g/mol. The number of nitrogens with one attached hydrogen (secondary N) is 1. The van der Waals surface area contributed by atoms with Crippen LogP contribution in [0.25, 0.3) is 0 Å². The zero-order chi connectivity index (χ0) is 5.82. The minimum atomic E-state index is 0. The molecule has 0 unspecified atom stereocenters. The molecule has 0 atom stereocenters. The highest BCUT2D eigenvalue weighted by atomic mass is 35.5. The highest BCUT2D eigenvalue weighted by Gasteiger charge is 1.82. The van der Waals surface area contributed by atoms with Crippen molar-refractivity contribution in [2.24, 2.45) is 0 Å². The monoisotopic (exact) mass is 145 g/mol. The topological polar surface area (TPSA) is 32.3 Å². The van der Waals surface area contributed by atoms with Crippen molar-refractivity contribution in [2.45, 2.75) is 0 Å². The molecule has 1 aliphatic rings. The maximum absolute atomic E-state index is 8.76. The predicted octanol–water partition coefficient (Wildman–Crippen LogP) is 1.48. The zero-order valence-corrected chi connectivity index (χ0v) is 5.56. The fourth-order valence-electron chi connectivity index (χ4n) is 0.447. The second-order valence-electron chi connectivity index (χ2n) is 1.45. The predicted molar refractivity (Wildman–Crippen MR) is 39.4 cm³/mol. The number of allylic oxidation sites excluding steroid dienone is 3. The van der Waals surface area contributed by atoms with Gasteiger partial charge in [0.25, 0.3) is 0 Å². The number of aliphatic hydroxyl groups is 1. The van der Waals surface area contributed by atoms with E-state index >= 15 is 0 Å². The third-order valence-corrected chi connectivity index (χ3v) is 0.802. The smallest absolute Gasteiger partial charge is 0.131 e. The zero-order valence-electron chi connectivity index (χ0n) is 4.74. The molecule has 0 aliphatic carbocycles. The second kappa shape index (κ2) is 4.04. The Morgan fingerprint density at radius 3 is 2.89 bits per heavy atom. The summed E-state index contributed by atoms with van der Waals surface area (Å²) in [5.41, 5.74) is 0. The fraction of sp³-hybridized carbons (Fsp3) is 0. The van der Waals surface area contributed by atoms with E-state index in [1.807, 2.05) is 0 Å². The number of hydrogen-bond donors (Lipinski definition) is 2. The largest absolute Gasteiger partial charge is 0.506 e. The molecule has 0 amide bonds. The summed E-state index contributed by atoms with van der Waals surface area (Å²) < 4.78 is 0. The van der Waals surface area contributed by atoms with Crippen LogP contribution in [0.3, 0.4) is 0 Å². The molecule has 0 bridgehead atoms. The molecule has 0 aromatic rings. The van der Waals surface area contributed by atoms with E-state index in [1.165, 1.54) is 6.20 Å². The highest BCUT2D eigenvalue weighted by molar-refractivity contribution is 5.85. The van der Waals surface area contributed by atoms with E-state index in [0.29, 0.717) is 0 Å². The lowest BCUT2D eigenvalue weighted by Crippen LogP contribution is -1.91. The van der Waals surface area contributed by atoms with Crippen molar-refractivity contribution >= 4 is 12.4 Å². The molecule has 50 valence electrons. The van der Waals surface area contributed by atoms with Gasteiger partial charge in [0.2, 0.25) is 0 Å². The van der Waals surface area contributed by atoms with Gasteiger partial charge in [0, 0.05) is 12.4 Å². The molecule has 1 aliphatic heterocycles. The Bertz CT molecular complexity index is 158. The quantitative estimate of drug-likeness (QED) is 0.541. The van der Waals surface area contributed by atoms with Gasteiger partial charge < -0.3 is 10.4 Å². The van der Waals surface area contributed by atoms with Crippen molar-refractivity contribution in [3.8, 4) is 0 Å². The first-order chi connectivity index (χ1) is 3.89. The van der Waals surface area contributed by atoms with Crippen molar-refractivity contribution in [2.75, 3.05) is 0 Å². The molecule has 0 saturated heterocycles. The molecule has 0 radical (unpaired) electrons. The molecule has 9 heavy (non-hydrogen) atoms. The van der Waals surface area contributed by atoms with Gasteiger partial charge in [-0.15, -0.1) is 12.4 Å². The minimum Gasteiger partial charge on any atom is -0.506 e. The summed E-state index contributed by atoms with van der Waals surface area (Å²) >= 11 is 0. The summed E-state index contributed by atoms with van der Waals surface area (Å²) in [4.78, 5) is 0. The number of halogens is 1. The average molecular weight is 146 g/mol. The van der Waals surface area contributed by atoms with Crippen LogP contribution in [0.1, 0.15) is 0 Å². The van der Waals surface area contributed by atoms with Gasteiger partial charge in [0.15, 0.2) is 0 Å². The maximum atomic E-state index is 8.76. The van der Waals surface area contributed by atoms with E-state index in [-0.39, 0.29) is 18.2 Å². The molecule has 0 saturated carbocycles. The Morgan fingerprint density at radius 1 is 1.33 bits per heavy atom. The van der Waals surface area contributed by atoms with Crippen LogP contribution < -0.4 is 5.32 Å². The summed E-state index contributed by atoms with van der Waals surface area (Å²) in [6.07, 6.45) is 8.42. The van der Waals surface area contributed by atoms with Crippen molar-refractivity contribution in [3.63, 3.8) is 0 Å². The first-order valence-corrected chi connectivity index (χ1v) is 2.38.